The lowest BCUT2D eigenvalue weighted by Gasteiger charge is -2.27. The Hall–Kier alpha value is -0.640. The Balaban J connectivity index is 1.88. The van der Waals surface area contributed by atoms with Gasteiger partial charge in [-0.3, -0.25) is 5.43 Å². The maximum Gasteiger partial charge on any atom is 0.129 e. The average Bonchev–Trinajstić information content (AvgIpc) is 2.29. The third kappa shape index (κ3) is 3.17. The van der Waals surface area contributed by atoms with Crippen LogP contribution in [0.4, 0.5) is 4.39 Å². The quantitative estimate of drug-likeness (QED) is 0.877. The largest absolute Gasteiger partial charge is 0.251 e. The summed E-state index contributed by atoms with van der Waals surface area (Å²) in [6, 6.07) is 4.81. The van der Waals surface area contributed by atoms with Crippen LogP contribution in [0.15, 0.2) is 18.2 Å². The first-order valence-electron chi connectivity index (χ1n) is 5.68. The van der Waals surface area contributed by atoms with Gasteiger partial charge in [-0.1, -0.05) is 24.1 Å². The topological polar surface area (TPSA) is 15.3 Å². The molecule has 4 heteroatoms. The number of halogens is 2. The Bertz CT molecular complexity index is 351. The smallest absolute Gasteiger partial charge is 0.129 e. The summed E-state index contributed by atoms with van der Waals surface area (Å²) in [7, 11) is 0. The molecule has 1 aromatic rings. The minimum Gasteiger partial charge on any atom is -0.251 e. The van der Waals surface area contributed by atoms with Crippen molar-refractivity contribution in [3.63, 3.8) is 0 Å². The van der Waals surface area contributed by atoms with Crippen LogP contribution in [0.2, 0.25) is 5.02 Å². The molecular formula is C12H16ClFN2. The van der Waals surface area contributed by atoms with E-state index in [4.69, 9.17) is 11.6 Å². The summed E-state index contributed by atoms with van der Waals surface area (Å²) in [5.41, 5.74) is 3.91. The molecule has 0 aliphatic carbocycles. The van der Waals surface area contributed by atoms with Gasteiger partial charge < -0.3 is 0 Å². The fourth-order valence-electron chi connectivity index (χ4n) is 1.91. The zero-order valence-electron chi connectivity index (χ0n) is 9.18. The van der Waals surface area contributed by atoms with Crippen molar-refractivity contribution in [3.8, 4) is 0 Å². The fraction of sp³-hybridized carbons (Fsp3) is 0.500. The average molecular weight is 243 g/mol. The number of nitrogens with one attached hydrogen (secondary N) is 1. The van der Waals surface area contributed by atoms with Crippen molar-refractivity contribution in [1.29, 1.82) is 0 Å². The van der Waals surface area contributed by atoms with Crippen LogP contribution in [-0.2, 0) is 6.54 Å². The van der Waals surface area contributed by atoms with Crippen LogP contribution in [0.25, 0.3) is 0 Å². The molecule has 2 nitrogen and oxygen atoms in total. The Kier molecular flexibility index (Phi) is 4.16. The molecule has 1 aromatic carbocycles. The summed E-state index contributed by atoms with van der Waals surface area (Å²) >= 11 is 5.69. The number of benzene rings is 1. The second-order valence-electron chi connectivity index (χ2n) is 4.12. The highest BCUT2D eigenvalue weighted by molar-refractivity contribution is 6.30. The van der Waals surface area contributed by atoms with Gasteiger partial charge in [0.05, 0.1) is 0 Å². The van der Waals surface area contributed by atoms with Crippen molar-refractivity contribution in [2.45, 2.75) is 25.8 Å². The summed E-state index contributed by atoms with van der Waals surface area (Å²) in [6.45, 7) is 2.63. The van der Waals surface area contributed by atoms with E-state index in [0.717, 1.165) is 13.1 Å². The molecule has 88 valence electrons. The standard InChI is InChI=1S/C12H16ClFN2/c13-11-5-4-10(12(14)8-11)9-15-16-6-2-1-3-7-16/h4-5,8,15H,1-3,6-7,9H2. The van der Waals surface area contributed by atoms with Gasteiger partial charge in [-0.15, -0.1) is 0 Å². The predicted molar refractivity (Wildman–Crippen MR) is 63.7 cm³/mol. The van der Waals surface area contributed by atoms with Gasteiger partial charge in [0.1, 0.15) is 5.82 Å². The van der Waals surface area contributed by atoms with E-state index in [1.54, 1.807) is 12.1 Å². The van der Waals surface area contributed by atoms with E-state index in [0.29, 0.717) is 17.1 Å². The lowest BCUT2D eigenvalue weighted by Crippen LogP contribution is -2.41. The maximum atomic E-state index is 13.5. The molecular weight excluding hydrogens is 227 g/mol. The zero-order valence-corrected chi connectivity index (χ0v) is 9.93. The first-order chi connectivity index (χ1) is 7.75. The van der Waals surface area contributed by atoms with Crippen molar-refractivity contribution in [2.24, 2.45) is 0 Å². The van der Waals surface area contributed by atoms with Crippen molar-refractivity contribution >= 4 is 11.6 Å². The van der Waals surface area contributed by atoms with Crippen LogP contribution in [0.5, 0.6) is 0 Å². The first-order valence-corrected chi connectivity index (χ1v) is 6.06. The predicted octanol–water partition coefficient (Wildman–Crippen LogP) is 2.97. The molecule has 1 heterocycles. The molecule has 0 aromatic heterocycles. The van der Waals surface area contributed by atoms with Crippen molar-refractivity contribution < 1.29 is 4.39 Å². The zero-order chi connectivity index (χ0) is 11.4. The number of hydrogen-bond acceptors (Lipinski definition) is 2. The highest BCUT2D eigenvalue weighted by atomic mass is 35.5. The van der Waals surface area contributed by atoms with Crippen molar-refractivity contribution in [3.05, 3.63) is 34.6 Å². The van der Waals surface area contributed by atoms with Gasteiger partial charge in [0.2, 0.25) is 0 Å². The van der Waals surface area contributed by atoms with Gasteiger partial charge >= 0.3 is 0 Å². The van der Waals surface area contributed by atoms with E-state index in [9.17, 15) is 4.39 Å². The SMILES string of the molecule is Fc1cc(Cl)ccc1CNN1CCCCC1. The number of piperidine rings is 1. The summed E-state index contributed by atoms with van der Waals surface area (Å²) in [5.74, 6) is -0.239. The highest BCUT2D eigenvalue weighted by Crippen LogP contribution is 2.15. The summed E-state index contributed by atoms with van der Waals surface area (Å²) in [6.07, 6.45) is 3.74. The fourth-order valence-corrected chi connectivity index (χ4v) is 2.07. The lowest BCUT2D eigenvalue weighted by molar-refractivity contribution is 0.150. The van der Waals surface area contributed by atoms with Gasteiger partial charge in [-0.25, -0.2) is 9.40 Å². The molecule has 1 saturated heterocycles. The van der Waals surface area contributed by atoms with Crippen LogP contribution < -0.4 is 5.43 Å². The number of nitrogens with zero attached hydrogens (tertiary/aromatic N) is 1. The maximum absolute atomic E-state index is 13.5. The van der Waals surface area contributed by atoms with Gasteiger partial charge in [0.15, 0.2) is 0 Å². The Morgan fingerprint density at radius 2 is 2.00 bits per heavy atom. The molecule has 1 N–H and O–H groups in total. The van der Waals surface area contributed by atoms with Crippen LogP contribution in [0.1, 0.15) is 24.8 Å². The van der Waals surface area contributed by atoms with Crippen LogP contribution >= 0.6 is 11.6 Å². The summed E-state index contributed by atoms with van der Waals surface area (Å²) in [5, 5.41) is 2.61. The first kappa shape index (κ1) is 11.8. The molecule has 0 spiro atoms. The van der Waals surface area contributed by atoms with Crippen molar-refractivity contribution in [1.82, 2.24) is 10.4 Å². The van der Waals surface area contributed by atoms with E-state index in [-0.39, 0.29) is 5.82 Å². The van der Waals surface area contributed by atoms with Gasteiger partial charge in [-0.05, 0) is 25.0 Å². The number of hydrogen-bond donors (Lipinski definition) is 1. The van der Waals surface area contributed by atoms with Gasteiger partial charge in [0.25, 0.3) is 0 Å². The number of rotatable bonds is 3. The molecule has 16 heavy (non-hydrogen) atoms. The third-order valence-electron chi connectivity index (χ3n) is 2.86. The van der Waals surface area contributed by atoms with Gasteiger partial charge in [0, 0.05) is 30.2 Å². The molecule has 1 aliphatic heterocycles. The Labute approximate surface area is 100 Å². The van der Waals surface area contributed by atoms with Crippen LogP contribution in [0, 0.1) is 5.82 Å². The van der Waals surface area contributed by atoms with E-state index < -0.39 is 0 Å². The molecule has 1 aliphatic rings. The van der Waals surface area contributed by atoms with E-state index in [1.807, 2.05) is 0 Å². The minimum atomic E-state index is -0.239. The molecule has 0 saturated carbocycles. The normalized spacial score (nSPS) is 17.6. The molecule has 0 amide bonds. The lowest BCUT2D eigenvalue weighted by atomic mass is 10.1. The van der Waals surface area contributed by atoms with Crippen LogP contribution in [-0.4, -0.2) is 18.1 Å². The molecule has 0 atom stereocenters. The second-order valence-corrected chi connectivity index (χ2v) is 4.55. The summed E-state index contributed by atoms with van der Waals surface area (Å²) < 4.78 is 13.5. The number of hydrazine groups is 1. The van der Waals surface area contributed by atoms with E-state index in [2.05, 4.69) is 10.4 Å². The molecule has 0 radical (unpaired) electrons. The van der Waals surface area contributed by atoms with Crippen molar-refractivity contribution in [2.75, 3.05) is 13.1 Å². The second kappa shape index (κ2) is 5.62. The molecule has 0 bridgehead atoms. The summed E-state index contributed by atoms with van der Waals surface area (Å²) in [4.78, 5) is 0. The Morgan fingerprint density at radius 3 is 2.69 bits per heavy atom. The molecule has 1 fully saturated rings. The third-order valence-corrected chi connectivity index (χ3v) is 3.10. The Morgan fingerprint density at radius 1 is 1.25 bits per heavy atom. The monoisotopic (exact) mass is 242 g/mol. The van der Waals surface area contributed by atoms with E-state index in [1.165, 1.54) is 25.3 Å². The van der Waals surface area contributed by atoms with Gasteiger partial charge in [-0.2, -0.15) is 0 Å². The highest BCUT2D eigenvalue weighted by Gasteiger charge is 2.10. The molecule has 0 unspecified atom stereocenters. The van der Waals surface area contributed by atoms with Crippen LogP contribution in [0.3, 0.4) is 0 Å². The van der Waals surface area contributed by atoms with E-state index >= 15 is 0 Å². The minimum absolute atomic E-state index is 0.239. The molecule has 2 rings (SSSR count).